The van der Waals surface area contributed by atoms with E-state index in [-0.39, 0.29) is 17.4 Å². The van der Waals surface area contributed by atoms with Gasteiger partial charge in [-0.3, -0.25) is 4.79 Å². The largest absolute Gasteiger partial charge is 0.349 e. The van der Waals surface area contributed by atoms with E-state index in [9.17, 15) is 4.79 Å². The molecule has 0 unspecified atom stereocenters. The predicted octanol–water partition coefficient (Wildman–Crippen LogP) is 2.59. The van der Waals surface area contributed by atoms with E-state index in [2.05, 4.69) is 12.2 Å². The van der Waals surface area contributed by atoms with Gasteiger partial charge < -0.3 is 11.1 Å². The summed E-state index contributed by atoms with van der Waals surface area (Å²) in [5, 5.41) is 3.30. The van der Waals surface area contributed by atoms with Gasteiger partial charge in [0, 0.05) is 12.5 Å². The first-order valence-corrected chi connectivity index (χ1v) is 7.67. The third-order valence-corrected chi connectivity index (χ3v) is 4.98. The van der Waals surface area contributed by atoms with Gasteiger partial charge >= 0.3 is 0 Å². The van der Waals surface area contributed by atoms with E-state index < -0.39 is 0 Å². The Labute approximate surface area is 111 Å². The molecule has 104 valence electrons. The van der Waals surface area contributed by atoms with E-state index >= 15 is 0 Å². The Kier molecular flexibility index (Phi) is 4.66. The second-order valence-electron chi connectivity index (χ2n) is 6.49. The molecule has 0 spiro atoms. The third kappa shape index (κ3) is 3.25. The molecule has 0 heterocycles. The summed E-state index contributed by atoms with van der Waals surface area (Å²) in [6.07, 6.45) is 10.4. The van der Waals surface area contributed by atoms with Crippen molar-refractivity contribution < 1.29 is 4.79 Å². The first kappa shape index (κ1) is 13.9. The smallest absolute Gasteiger partial charge is 0.223 e. The molecule has 1 amide bonds. The Bertz CT molecular complexity index is 276. The van der Waals surface area contributed by atoms with Crippen LogP contribution in [0.2, 0.25) is 0 Å². The molecule has 2 aliphatic rings. The number of amides is 1. The maximum absolute atomic E-state index is 12.4. The number of rotatable bonds is 3. The lowest BCUT2D eigenvalue weighted by Crippen LogP contribution is -2.56. The van der Waals surface area contributed by atoms with Crippen LogP contribution in [0, 0.1) is 11.8 Å². The van der Waals surface area contributed by atoms with Gasteiger partial charge in [0.25, 0.3) is 0 Å². The number of nitrogens with one attached hydrogen (secondary N) is 1. The first-order chi connectivity index (χ1) is 8.65. The van der Waals surface area contributed by atoms with Crippen LogP contribution in [0.15, 0.2) is 0 Å². The summed E-state index contributed by atoms with van der Waals surface area (Å²) in [5.41, 5.74) is 5.84. The van der Waals surface area contributed by atoms with E-state index in [1.807, 2.05) is 0 Å². The molecule has 0 atom stereocenters. The van der Waals surface area contributed by atoms with Crippen molar-refractivity contribution in [3.63, 3.8) is 0 Å². The number of carbonyl (C=O) groups is 1. The lowest BCUT2D eigenvalue weighted by molar-refractivity contribution is -0.128. The molecule has 3 N–H and O–H groups in total. The van der Waals surface area contributed by atoms with Gasteiger partial charge in [0.1, 0.15) is 0 Å². The zero-order valence-corrected chi connectivity index (χ0v) is 11.7. The van der Waals surface area contributed by atoms with Crippen LogP contribution in [0.1, 0.15) is 64.7 Å². The van der Waals surface area contributed by atoms with Crippen molar-refractivity contribution in [3.05, 3.63) is 0 Å². The minimum atomic E-state index is -0.0849. The van der Waals surface area contributed by atoms with Crippen LogP contribution in [0.4, 0.5) is 0 Å². The molecule has 18 heavy (non-hydrogen) atoms. The van der Waals surface area contributed by atoms with Gasteiger partial charge in [-0.15, -0.1) is 0 Å². The molecule has 0 aromatic rings. The van der Waals surface area contributed by atoms with Gasteiger partial charge in [0.05, 0.1) is 5.54 Å². The molecule has 0 aromatic carbocycles. The normalized spacial score (nSPS) is 31.9. The summed E-state index contributed by atoms with van der Waals surface area (Å²) < 4.78 is 0. The quantitative estimate of drug-likeness (QED) is 0.811. The van der Waals surface area contributed by atoms with E-state index in [0.717, 1.165) is 31.6 Å². The predicted molar refractivity (Wildman–Crippen MR) is 74.1 cm³/mol. The molecule has 0 aromatic heterocycles. The Morgan fingerprint density at radius 1 is 1.17 bits per heavy atom. The number of hydrogen-bond donors (Lipinski definition) is 2. The Morgan fingerprint density at radius 3 is 2.33 bits per heavy atom. The van der Waals surface area contributed by atoms with Crippen LogP contribution in [-0.2, 0) is 4.79 Å². The summed E-state index contributed by atoms with van der Waals surface area (Å²) in [6, 6.07) is 0. The zero-order valence-electron chi connectivity index (χ0n) is 11.7. The second kappa shape index (κ2) is 6.05. The van der Waals surface area contributed by atoms with Crippen LogP contribution in [0.3, 0.4) is 0 Å². The maximum atomic E-state index is 12.4. The molecule has 3 heteroatoms. The van der Waals surface area contributed by atoms with Gasteiger partial charge in [-0.2, -0.15) is 0 Å². The molecule has 0 saturated heterocycles. The molecule has 2 saturated carbocycles. The summed E-state index contributed by atoms with van der Waals surface area (Å²) in [6.45, 7) is 2.89. The Balaban J connectivity index is 1.89. The molecule has 3 nitrogen and oxygen atoms in total. The topological polar surface area (TPSA) is 55.1 Å². The van der Waals surface area contributed by atoms with Crippen molar-refractivity contribution in [2.75, 3.05) is 6.54 Å². The highest BCUT2D eigenvalue weighted by molar-refractivity contribution is 5.79. The highest BCUT2D eigenvalue weighted by atomic mass is 16.2. The van der Waals surface area contributed by atoms with Crippen LogP contribution < -0.4 is 11.1 Å². The standard InChI is InChI=1S/C15H28N2O/c1-12-5-7-13(8-6-12)14(18)17-15(11-16)9-3-2-4-10-15/h12-13H,2-11,16H2,1H3,(H,17,18). The van der Waals surface area contributed by atoms with Crippen LogP contribution in [0.5, 0.6) is 0 Å². The van der Waals surface area contributed by atoms with Gasteiger partial charge in [-0.25, -0.2) is 0 Å². The van der Waals surface area contributed by atoms with Crippen molar-refractivity contribution in [2.45, 2.75) is 70.3 Å². The third-order valence-electron chi connectivity index (χ3n) is 4.98. The van der Waals surface area contributed by atoms with E-state index in [1.54, 1.807) is 0 Å². The molecule has 0 aliphatic heterocycles. The lowest BCUT2D eigenvalue weighted by atomic mass is 9.79. The summed E-state index contributed by atoms with van der Waals surface area (Å²) in [4.78, 5) is 12.4. The van der Waals surface area contributed by atoms with E-state index in [1.165, 1.54) is 32.1 Å². The van der Waals surface area contributed by atoms with Gasteiger partial charge in [0.15, 0.2) is 0 Å². The second-order valence-corrected chi connectivity index (χ2v) is 6.49. The number of hydrogen-bond acceptors (Lipinski definition) is 2. The molecule has 2 aliphatic carbocycles. The van der Waals surface area contributed by atoms with Crippen molar-refractivity contribution in [1.82, 2.24) is 5.32 Å². The minimum Gasteiger partial charge on any atom is -0.349 e. The molecule has 0 radical (unpaired) electrons. The van der Waals surface area contributed by atoms with Crippen LogP contribution in [0.25, 0.3) is 0 Å². The van der Waals surface area contributed by atoms with Crippen LogP contribution >= 0.6 is 0 Å². The fraction of sp³-hybridized carbons (Fsp3) is 0.933. The average molecular weight is 252 g/mol. The average Bonchev–Trinajstić information content (AvgIpc) is 2.40. The monoisotopic (exact) mass is 252 g/mol. The zero-order chi connectivity index (χ0) is 13.0. The number of nitrogens with two attached hydrogens (primary N) is 1. The lowest BCUT2D eigenvalue weighted by Gasteiger charge is -2.39. The molecule has 0 bridgehead atoms. The molecular weight excluding hydrogens is 224 g/mol. The number of carbonyl (C=O) groups excluding carboxylic acids is 1. The Morgan fingerprint density at radius 2 is 1.78 bits per heavy atom. The fourth-order valence-corrected chi connectivity index (χ4v) is 3.49. The summed E-state index contributed by atoms with van der Waals surface area (Å²) in [5.74, 6) is 1.31. The van der Waals surface area contributed by atoms with Crippen LogP contribution in [-0.4, -0.2) is 18.0 Å². The van der Waals surface area contributed by atoms with Crippen molar-refractivity contribution in [3.8, 4) is 0 Å². The van der Waals surface area contributed by atoms with Gasteiger partial charge in [-0.1, -0.05) is 26.2 Å². The highest BCUT2D eigenvalue weighted by Crippen LogP contribution is 2.31. The first-order valence-electron chi connectivity index (χ1n) is 7.67. The van der Waals surface area contributed by atoms with Gasteiger partial charge in [-0.05, 0) is 44.4 Å². The highest BCUT2D eigenvalue weighted by Gasteiger charge is 2.34. The molecule has 2 fully saturated rings. The summed E-state index contributed by atoms with van der Waals surface area (Å²) >= 11 is 0. The summed E-state index contributed by atoms with van der Waals surface area (Å²) in [7, 11) is 0. The fourth-order valence-electron chi connectivity index (χ4n) is 3.49. The minimum absolute atomic E-state index is 0.0849. The van der Waals surface area contributed by atoms with E-state index in [0.29, 0.717) is 6.54 Å². The maximum Gasteiger partial charge on any atom is 0.223 e. The van der Waals surface area contributed by atoms with E-state index in [4.69, 9.17) is 5.73 Å². The van der Waals surface area contributed by atoms with Crippen molar-refractivity contribution in [2.24, 2.45) is 17.6 Å². The SMILES string of the molecule is CC1CCC(C(=O)NC2(CN)CCCCC2)CC1. The Hall–Kier alpha value is -0.570. The molecular formula is C15H28N2O. The van der Waals surface area contributed by atoms with Crippen molar-refractivity contribution >= 4 is 5.91 Å². The molecule has 2 rings (SSSR count). The van der Waals surface area contributed by atoms with Gasteiger partial charge in [0.2, 0.25) is 5.91 Å². The van der Waals surface area contributed by atoms with Crippen molar-refractivity contribution in [1.29, 1.82) is 0 Å².